The first-order chi connectivity index (χ1) is 11.7. The Morgan fingerprint density at radius 1 is 1.32 bits per heavy atom. The molecule has 0 aromatic heterocycles. The first kappa shape index (κ1) is 19.2. The fourth-order valence-electron chi connectivity index (χ4n) is 3.22. The maximum Gasteiger partial charge on any atom is 0.317 e. The molecule has 7 heteroatoms. The molecule has 0 aliphatic heterocycles. The van der Waals surface area contributed by atoms with Crippen molar-refractivity contribution in [1.82, 2.24) is 15.5 Å². The second-order valence-electron chi connectivity index (χ2n) is 6.98. The number of halogens is 1. The topological polar surface area (TPSA) is 81.7 Å². The highest BCUT2D eigenvalue weighted by Gasteiger charge is 2.35. The molecule has 0 atom stereocenters. The van der Waals surface area contributed by atoms with Crippen LogP contribution in [0.4, 0.5) is 9.18 Å². The van der Waals surface area contributed by atoms with Gasteiger partial charge in [-0.25, -0.2) is 9.18 Å². The number of carboxylic acid groups (broad SMARTS) is 1. The lowest BCUT2D eigenvalue weighted by atomic mass is 9.85. The number of carboxylic acids is 1. The van der Waals surface area contributed by atoms with Crippen LogP contribution < -0.4 is 10.6 Å². The summed E-state index contributed by atoms with van der Waals surface area (Å²) >= 11 is 0. The Balaban J connectivity index is 1.84. The Morgan fingerprint density at radius 2 is 1.96 bits per heavy atom. The molecule has 1 aromatic carbocycles. The molecule has 2 rings (SSSR count). The number of likely N-dealkylation sites (N-methyl/N-ethyl adjacent to an activating group) is 1. The van der Waals surface area contributed by atoms with Gasteiger partial charge in [0, 0.05) is 17.6 Å². The molecule has 0 heterocycles. The van der Waals surface area contributed by atoms with Gasteiger partial charge >= 0.3 is 12.0 Å². The second kappa shape index (κ2) is 7.82. The number of benzene rings is 1. The highest BCUT2D eigenvalue weighted by atomic mass is 19.1. The van der Waals surface area contributed by atoms with Gasteiger partial charge in [0.25, 0.3) is 0 Å². The quantitative estimate of drug-likeness (QED) is 0.704. The molecule has 2 amide bonds. The van der Waals surface area contributed by atoms with Gasteiger partial charge in [0.1, 0.15) is 5.82 Å². The average molecular weight is 351 g/mol. The number of hydrogen-bond acceptors (Lipinski definition) is 3. The van der Waals surface area contributed by atoms with E-state index in [0.29, 0.717) is 24.9 Å². The number of nitrogens with zero attached hydrogens (tertiary/aromatic N) is 1. The van der Waals surface area contributed by atoms with Gasteiger partial charge in [0.15, 0.2) is 0 Å². The molecule has 6 nitrogen and oxygen atoms in total. The van der Waals surface area contributed by atoms with Gasteiger partial charge in [0.05, 0.1) is 12.1 Å². The van der Waals surface area contributed by atoms with Crippen LogP contribution in [0, 0.1) is 5.82 Å². The van der Waals surface area contributed by atoms with E-state index in [1.165, 1.54) is 6.07 Å². The van der Waals surface area contributed by atoms with Crippen molar-refractivity contribution in [2.75, 3.05) is 13.1 Å². The van der Waals surface area contributed by atoms with Crippen LogP contribution in [0.5, 0.6) is 0 Å². The predicted molar refractivity (Wildman–Crippen MR) is 92.8 cm³/mol. The van der Waals surface area contributed by atoms with Gasteiger partial charge in [-0.2, -0.15) is 0 Å². The molecule has 0 unspecified atom stereocenters. The number of amides is 2. The highest BCUT2D eigenvalue weighted by molar-refractivity contribution is 5.75. The van der Waals surface area contributed by atoms with Crippen molar-refractivity contribution < 1.29 is 19.1 Å². The van der Waals surface area contributed by atoms with E-state index in [4.69, 9.17) is 5.11 Å². The maximum absolute atomic E-state index is 13.9. The summed E-state index contributed by atoms with van der Waals surface area (Å²) in [5.41, 5.74) is -0.410. The smallest absolute Gasteiger partial charge is 0.317 e. The molecule has 138 valence electrons. The maximum atomic E-state index is 13.9. The van der Waals surface area contributed by atoms with Gasteiger partial charge in [0.2, 0.25) is 0 Å². The third-order valence-corrected chi connectivity index (χ3v) is 4.68. The fraction of sp³-hybridized carbons (Fsp3) is 0.556. The molecule has 0 radical (unpaired) electrons. The summed E-state index contributed by atoms with van der Waals surface area (Å²) < 4.78 is 13.9. The Labute approximate surface area is 147 Å². The Kier molecular flexibility index (Phi) is 6.00. The van der Waals surface area contributed by atoms with Crippen molar-refractivity contribution in [3.8, 4) is 0 Å². The Bertz CT molecular complexity index is 630. The number of carbonyl (C=O) groups is 2. The van der Waals surface area contributed by atoms with E-state index >= 15 is 0 Å². The molecule has 25 heavy (non-hydrogen) atoms. The summed E-state index contributed by atoms with van der Waals surface area (Å²) in [6.45, 7) is 6.10. The van der Waals surface area contributed by atoms with Crippen LogP contribution in [-0.4, -0.2) is 47.2 Å². The summed E-state index contributed by atoms with van der Waals surface area (Å²) in [5, 5.41) is 14.6. The van der Waals surface area contributed by atoms with Crippen LogP contribution in [-0.2, 0) is 10.3 Å². The lowest BCUT2D eigenvalue weighted by Gasteiger charge is -2.42. The third-order valence-electron chi connectivity index (χ3n) is 4.68. The fourth-order valence-corrected chi connectivity index (χ4v) is 3.22. The summed E-state index contributed by atoms with van der Waals surface area (Å²) in [4.78, 5) is 24.9. The van der Waals surface area contributed by atoms with Crippen molar-refractivity contribution >= 4 is 12.0 Å². The van der Waals surface area contributed by atoms with Crippen molar-refractivity contribution in [3.63, 3.8) is 0 Å². The van der Waals surface area contributed by atoms with Gasteiger partial charge in [-0.15, -0.1) is 0 Å². The largest absolute Gasteiger partial charge is 0.480 e. The molecule has 0 saturated heterocycles. The van der Waals surface area contributed by atoms with Gasteiger partial charge in [-0.05, 0) is 39.3 Å². The summed E-state index contributed by atoms with van der Waals surface area (Å²) in [5.74, 6) is -1.20. The SMILES string of the molecule is CCN(CC(=O)O)C1CC(NC(=O)NC(C)(C)c2ccccc2F)C1. The Hall–Kier alpha value is -2.15. The summed E-state index contributed by atoms with van der Waals surface area (Å²) in [7, 11) is 0. The van der Waals surface area contributed by atoms with E-state index < -0.39 is 11.5 Å². The van der Waals surface area contributed by atoms with Gasteiger partial charge in [-0.3, -0.25) is 9.69 Å². The minimum absolute atomic E-state index is 0.00395. The highest BCUT2D eigenvalue weighted by Crippen LogP contribution is 2.26. The monoisotopic (exact) mass is 351 g/mol. The molecule has 1 aromatic rings. The van der Waals surface area contributed by atoms with Gasteiger partial charge in [-0.1, -0.05) is 25.1 Å². The molecule has 1 saturated carbocycles. The summed E-state index contributed by atoms with van der Waals surface area (Å²) in [6.07, 6.45) is 1.43. The van der Waals surface area contributed by atoms with Crippen LogP contribution in [0.2, 0.25) is 0 Å². The van der Waals surface area contributed by atoms with Crippen LogP contribution in [0.25, 0.3) is 0 Å². The second-order valence-corrected chi connectivity index (χ2v) is 6.98. The third kappa shape index (κ3) is 4.92. The molecule has 1 aliphatic rings. The molecule has 0 bridgehead atoms. The van der Waals surface area contributed by atoms with Crippen molar-refractivity contribution in [3.05, 3.63) is 35.6 Å². The zero-order chi connectivity index (χ0) is 18.6. The minimum atomic E-state index is -0.845. The van der Waals surface area contributed by atoms with Gasteiger partial charge < -0.3 is 15.7 Å². The Morgan fingerprint density at radius 3 is 2.52 bits per heavy atom. The number of carbonyl (C=O) groups excluding carboxylic acids is 1. The van der Waals surface area contributed by atoms with Crippen molar-refractivity contribution in [2.24, 2.45) is 0 Å². The number of hydrogen-bond donors (Lipinski definition) is 3. The number of rotatable bonds is 7. The van der Waals surface area contributed by atoms with E-state index in [1.807, 2.05) is 11.8 Å². The van der Waals surface area contributed by atoms with E-state index in [1.54, 1.807) is 32.0 Å². The molecular weight excluding hydrogens is 325 g/mol. The van der Waals surface area contributed by atoms with Crippen LogP contribution in [0.15, 0.2) is 24.3 Å². The predicted octanol–water partition coefficient (Wildman–Crippen LogP) is 2.30. The van der Waals surface area contributed by atoms with Crippen LogP contribution >= 0.6 is 0 Å². The molecule has 1 fully saturated rings. The average Bonchev–Trinajstić information content (AvgIpc) is 2.48. The number of urea groups is 1. The van der Waals surface area contributed by atoms with Crippen molar-refractivity contribution in [2.45, 2.75) is 51.2 Å². The van der Waals surface area contributed by atoms with Crippen LogP contribution in [0.1, 0.15) is 39.2 Å². The van der Waals surface area contributed by atoms with E-state index in [0.717, 1.165) is 0 Å². The minimum Gasteiger partial charge on any atom is -0.480 e. The van der Waals surface area contributed by atoms with Crippen LogP contribution in [0.3, 0.4) is 0 Å². The first-order valence-corrected chi connectivity index (χ1v) is 8.52. The summed E-state index contributed by atoms with van der Waals surface area (Å²) in [6, 6.07) is 6.20. The zero-order valence-corrected chi connectivity index (χ0v) is 14.9. The molecule has 3 N–H and O–H groups in total. The molecule has 0 spiro atoms. The lowest BCUT2D eigenvalue weighted by Crippen LogP contribution is -2.58. The molecular formula is C18H26FN3O3. The first-order valence-electron chi connectivity index (χ1n) is 8.52. The zero-order valence-electron chi connectivity index (χ0n) is 14.9. The number of nitrogens with one attached hydrogen (secondary N) is 2. The lowest BCUT2D eigenvalue weighted by molar-refractivity contribution is -0.139. The van der Waals surface area contributed by atoms with E-state index in [-0.39, 0.29) is 30.5 Å². The standard InChI is InChI=1S/C18H26FN3O3/c1-4-22(11-16(23)24)13-9-12(10-13)20-17(25)21-18(2,3)14-7-5-6-8-15(14)19/h5-8,12-13H,4,9-11H2,1-3H3,(H,23,24)(H2,20,21,25). The normalized spacial score (nSPS) is 20.0. The van der Waals surface area contributed by atoms with E-state index in [9.17, 15) is 14.0 Å². The van der Waals surface area contributed by atoms with Crippen molar-refractivity contribution in [1.29, 1.82) is 0 Å². The van der Waals surface area contributed by atoms with E-state index in [2.05, 4.69) is 10.6 Å². The molecule has 1 aliphatic carbocycles. The number of aliphatic carboxylic acids is 1.